The number of esters is 1. The van der Waals surface area contributed by atoms with Crippen molar-refractivity contribution in [2.45, 2.75) is 6.92 Å². The molecule has 142 valence electrons. The molecule has 1 amide bonds. The van der Waals surface area contributed by atoms with Crippen molar-refractivity contribution >= 4 is 34.3 Å². The maximum absolute atomic E-state index is 13.0. The Bertz CT molecular complexity index is 994. The third kappa shape index (κ3) is 4.92. The monoisotopic (exact) mass is 395 g/mol. The van der Waals surface area contributed by atoms with Crippen molar-refractivity contribution in [1.29, 1.82) is 0 Å². The van der Waals surface area contributed by atoms with Crippen molar-refractivity contribution in [2.75, 3.05) is 11.9 Å². The summed E-state index contributed by atoms with van der Waals surface area (Å²) in [6, 6.07) is 17.1. The van der Waals surface area contributed by atoms with Gasteiger partial charge in [0.15, 0.2) is 0 Å². The van der Waals surface area contributed by atoms with Crippen molar-refractivity contribution in [1.82, 2.24) is 0 Å². The van der Waals surface area contributed by atoms with Gasteiger partial charge in [-0.15, -0.1) is 11.3 Å². The Morgan fingerprint density at radius 3 is 2.50 bits per heavy atom. The van der Waals surface area contributed by atoms with E-state index in [1.54, 1.807) is 31.2 Å². The predicted molar refractivity (Wildman–Crippen MR) is 110 cm³/mol. The van der Waals surface area contributed by atoms with Crippen molar-refractivity contribution in [3.8, 4) is 10.4 Å². The van der Waals surface area contributed by atoms with Crippen molar-refractivity contribution < 1.29 is 18.7 Å². The molecule has 1 heterocycles. The Hall–Kier alpha value is -3.25. The minimum absolute atomic E-state index is 0.243. The number of amides is 1. The van der Waals surface area contributed by atoms with Gasteiger partial charge in [0.1, 0.15) is 10.8 Å². The molecule has 4 nitrogen and oxygen atoms in total. The van der Waals surface area contributed by atoms with Crippen LogP contribution in [0.1, 0.15) is 22.8 Å². The molecule has 0 atom stereocenters. The summed E-state index contributed by atoms with van der Waals surface area (Å²) in [5.41, 5.74) is 1.95. The second kappa shape index (κ2) is 9.10. The maximum atomic E-state index is 13.0. The van der Waals surface area contributed by atoms with Crippen molar-refractivity contribution in [3.05, 3.63) is 83.7 Å². The van der Waals surface area contributed by atoms with E-state index in [1.165, 1.54) is 29.5 Å². The summed E-state index contributed by atoms with van der Waals surface area (Å²) in [4.78, 5) is 25.4. The first-order valence-corrected chi connectivity index (χ1v) is 9.49. The number of carbonyl (C=O) groups is 2. The number of anilines is 1. The molecule has 2 aromatic carbocycles. The fraction of sp³-hybridized carbons (Fsp3) is 0.0909. The smallest absolute Gasteiger partial charge is 0.341 e. The third-order valence-corrected chi connectivity index (χ3v) is 4.92. The summed E-state index contributed by atoms with van der Waals surface area (Å²) in [5, 5.41) is 3.16. The molecule has 0 aliphatic rings. The summed E-state index contributed by atoms with van der Waals surface area (Å²) in [7, 11) is 0. The van der Waals surface area contributed by atoms with E-state index in [4.69, 9.17) is 4.74 Å². The molecule has 0 fully saturated rings. The normalized spacial score (nSPS) is 10.8. The van der Waals surface area contributed by atoms with Gasteiger partial charge in [-0.25, -0.2) is 9.18 Å². The van der Waals surface area contributed by atoms with Crippen LogP contribution in [0.3, 0.4) is 0 Å². The highest BCUT2D eigenvalue weighted by Gasteiger charge is 2.19. The average Bonchev–Trinajstić information content (AvgIpc) is 3.12. The fourth-order valence-electron chi connectivity index (χ4n) is 2.49. The van der Waals surface area contributed by atoms with Crippen LogP contribution in [0.15, 0.2) is 66.7 Å². The number of thiophene rings is 1. The predicted octanol–water partition coefficient (Wildman–Crippen LogP) is 5.38. The van der Waals surface area contributed by atoms with E-state index in [9.17, 15) is 14.0 Å². The van der Waals surface area contributed by atoms with Crippen LogP contribution in [-0.2, 0) is 9.53 Å². The number of benzene rings is 2. The van der Waals surface area contributed by atoms with Crippen molar-refractivity contribution in [3.63, 3.8) is 0 Å². The molecule has 0 unspecified atom stereocenters. The van der Waals surface area contributed by atoms with Crippen LogP contribution in [0.2, 0.25) is 0 Å². The molecular weight excluding hydrogens is 377 g/mol. The summed E-state index contributed by atoms with van der Waals surface area (Å²) in [6.45, 7) is 1.97. The van der Waals surface area contributed by atoms with Gasteiger partial charge < -0.3 is 10.1 Å². The lowest BCUT2D eigenvalue weighted by atomic mass is 10.1. The number of carbonyl (C=O) groups excluding carboxylic acids is 2. The molecule has 3 rings (SSSR count). The lowest BCUT2D eigenvalue weighted by Gasteiger charge is -2.03. The lowest BCUT2D eigenvalue weighted by Crippen LogP contribution is -2.11. The Labute approximate surface area is 166 Å². The third-order valence-electron chi connectivity index (χ3n) is 3.82. The van der Waals surface area contributed by atoms with Gasteiger partial charge in [0.05, 0.1) is 12.2 Å². The van der Waals surface area contributed by atoms with Crippen LogP contribution in [0, 0.1) is 5.82 Å². The van der Waals surface area contributed by atoms with Gasteiger partial charge in [0.2, 0.25) is 5.91 Å². The van der Waals surface area contributed by atoms with E-state index in [0.717, 1.165) is 10.4 Å². The second-order valence-electron chi connectivity index (χ2n) is 5.81. The van der Waals surface area contributed by atoms with Crippen LogP contribution in [0.25, 0.3) is 16.5 Å². The molecular formula is C22H18FNO3S. The number of halogens is 1. The van der Waals surface area contributed by atoms with Crippen molar-refractivity contribution in [2.24, 2.45) is 0 Å². The first kappa shape index (κ1) is 19.5. The summed E-state index contributed by atoms with van der Waals surface area (Å²) in [6.07, 6.45) is 2.91. The lowest BCUT2D eigenvalue weighted by molar-refractivity contribution is -0.111. The molecule has 0 saturated heterocycles. The molecule has 0 saturated carbocycles. The Balaban J connectivity index is 1.82. The van der Waals surface area contributed by atoms with Crippen LogP contribution in [0.4, 0.5) is 9.39 Å². The van der Waals surface area contributed by atoms with E-state index < -0.39 is 11.9 Å². The summed E-state index contributed by atoms with van der Waals surface area (Å²) < 4.78 is 18.1. The SMILES string of the molecule is CCOC(=O)c1cc(-c2ccccc2)sc1NC(=O)C=Cc1ccc(F)cc1. The van der Waals surface area contributed by atoms with Crippen LogP contribution in [0.5, 0.6) is 0 Å². The molecule has 6 heteroatoms. The molecule has 28 heavy (non-hydrogen) atoms. The molecule has 0 aliphatic carbocycles. The van der Waals surface area contributed by atoms with Crippen LogP contribution >= 0.6 is 11.3 Å². The van der Waals surface area contributed by atoms with Gasteiger partial charge >= 0.3 is 5.97 Å². The van der Waals surface area contributed by atoms with E-state index in [2.05, 4.69) is 5.32 Å². The second-order valence-corrected chi connectivity index (χ2v) is 6.87. The molecule has 0 bridgehead atoms. The zero-order chi connectivity index (χ0) is 19.9. The van der Waals surface area contributed by atoms with E-state index in [0.29, 0.717) is 16.1 Å². The Morgan fingerprint density at radius 1 is 1.11 bits per heavy atom. The van der Waals surface area contributed by atoms with Crippen LogP contribution in [-0.4, -0.2) is 18.5 Å². The first-order valence-electron chi connectivity index (χ1n) is 8.68. The number of hydrogen-bond donors (Lipinski definition) is 1. The highest BCUT2D eigenvalue weighted by atomic mass is 32.1. The fourth-order valence-corrected chi connectivity index (χ4v) is 3.54. The minimum Gasteiger partial charge on any atom is -0.462 e. The number of hydrogen-bond acceptors (Lipinski definition) is 4. The quantitative estimate of drug-likeness (QED) is 0.450. The Kier molecular flexibility index (Phi) is 6.34. The van der Waals surface area contributed by atoms with Gasteiger partial charge in [-0.05, 0) is 42.3 Å². The number of ether oxygens (including phenoxy) is 1. The van der Waals surface area contributed by atoms with Gasteiger partial charge in [-0.3, -0.25) is 4.79 Å². The van der Waals surface area contributed by atoms with Crippen LogP contribution < -0.4 is 5.32 Å². The van der Waals surface area contributed by atoms with E-state index in [-0.39, 0.29) is 12.4 Å². The zero-order valence-electron chi connectivity index (χ0n) is 15.1. The van der Waals surface area contributed by atoms with Gasteiger partial charge in [0.25, 0.3) is 0 Å². The average molecular weight is 395 g/mol. The topological polar surface area (TPSA) is 55.4 Å². The molecule has 0 radical (unpaired) electrons. The largest absolute Gasteiger partial charge is 0.462 e. The molecule has 3 aromatic rings. The molecule has 1 N–H and O–H groups in total. The van der Waals surface area contributed by atoms with Gasteiger partial charge in [-0.1, -0.05) is 42.5 Å². The zero-order valence-corrected chi connectivity index (χ0v) is 16.0. The number of rotatable bonds is 6. The first-order chi connectivity index (χ1) is 13.6. The summed E-state index contributed by atoms with van der Waals surface area (Å²) >= 11 is 1.30. The maximum Gasteiger partial charge on any atom is 0.341 e. The minimum atomic E-state index is -0.487. The number of nitrogens with one attached hydrogen (secondary N) is 1. The molecule has 1 aromatic heterocycles. The van der Waals surface area contributed by atoms with E-state index >= 15 is 0 Å². The molecule has 0 spiro atoms. The Morgan fingerprint density at radius 2 is 1.82 bits per heavy atom. The highest BCUT2D eigenvalue weighted by molar-refractivity contribution is 7.20. The van der Waals surface area contributed by atoms with E-state index in [1.807, 2.05) is 30.3 Å². The van der Waals surface area contributed by atoms with Gasteiger partial charge in [0, 0.05) is 11.0 Å². The summed E-state index contributed by atoms with van der Waals surface area (Å²) in [5.74, 6) is -1.22. The van der Waals surface area contributed by atoms with Gasteiger partial charge in [-0.2, -0.15) is 0 Å². The highest BCUT2D eigenvalue weighted by Crippen LogP contribution is 2.36. The molecule has 0 aliphatic heterocycles. The standard InChI is InChI=1S/C22H18FNO3S/c1-2-27-22(26)18-14-19(16-6-4-3-5-7-16)28-21(18)24-20(25)13-10-15-8-11-17(23)12-9-15/h3-14H,2H2,1H3,(H,24,25).